The number of nitrogens with one attached hydrogen (secondary N) is 1. The number of aryl methyl sites for hydroxylation is 1. The van der Waals surface area contributed by atoms with Crippen molar-refractivity contribution in [2.45, 2.75) is 13.3 Å². The van der Waals surface area contributed by atoms with E-state index in [1.54, 1.807) is 30.3 Å². The molecule has 0 fully saturated rings. The van der Waals surface area contributed by atoms with Gasteiger partial charge in [0.1, 0.15) is 5.82 Å². The summed E-state index contributed by atoms with van der Waals surface area (Å²) in [5.74, 6) is -1.56. The van der Waals surface area contributed by atoms with E-state index >= 15 is 0 Å². The Morgan fingerprint density at radius 3 is 2.40 bits per heavy atom. The first kappa shape index (κ1) is 19.5. The van der Waals surface area contributed by atoms with Crippen LogP contribution in [-0.4, -0.2) is 24.3 Å². The Morgan fingerprint density at radius 2 is 1.63 bits per heavy atom. The highest BCUT2D eigenvalue weighted by atomic mass is 19.1. The molecule has 30 heavy (non-hydrogen) atoms. The Kier molecular flexibility index (Phi) is 5.14. The second kappa shape index (κ2) is 7.91. The van der Waals surface area contributed by atoms with E-state index in [0.717, 1.165) is 10.5 Å². The van der Waals surface area contributed by atoms with E-state index in [1.807, 2.05) is 19.1 Å². The normalized spacial score (nSPS) is 12.8. The van der Waals surface area contributed by atoms with Gasteiger partial charge in [0.2, 0.25) is 0 Å². The average Bonchev–Trinajstić information content (AvgIpc) is 2.99. The lowest BCUT2D eigenvalue weighted by atomic mass is 10.1. The van der Waals surface area contributed by atoms with Gasteiger partial charge >= 0.3 is 0 Å². The van der Waals surface area contributed by atoms with Crippen LogP contribution in [0.2, 0.25) is 0 Å². The average molecular weight is 402 g/mol. The maximum atomic E-state index is 13.7. The topological polar surface area (TPSA) is 66.5 Å². The fraction of sp³-hybridized carbons (Fsp3) is 0.125. The van der Waals surface area contributed by atoms with Gasteiger partial charge in [-0.15, -0.1) is 0 Å². The van der Waals surface area contributed by atoms with Gasteiger partial charge in [-0.25, -0.2) is 9.29 Å². The number of imide groups is 1. The van der Waals surface area contributed by atoms with Crippen LogP contribution in [0.1, 0.15) is 42.2 Å². The van der Waals surface area contributed by atoms with Crippen LogP contribution in [0.25, 0.3) is 0 Å². The Morgan fingerprint density at radius 1 is 0.933 bits per heavy atom. The predicted octanol–water partition coefficient (Wildman–Crippen LogP) is 3.91. The van der Waals surface area contributed by atoms with Crippen LogP contribution in [0.5, 0.6) is 0 Å². The van der Waals surface area contributed by atoms with Gasteiger partial charge in [0.15, 0.2) is 0 Å². The summed E-state index contributed by atoms with van der Waals surface area (Å²) >= 11 is 0. The third-order valence-electron chi connectivity index (χ3n) is 5.14. The van der Waals surface area contributed by atoms with E-state index in [2.05, 4.69) is 5.32 Å². The van der Waals surface area contributed by atoms with Crippen LogP contribution >= 0.6 is 0 Å². The summed E-state index contributed by atoms with van der Waals surface area (Å²) in [4.78, 5) is 39.3. The fourth-order valence-electron chi connectivity index (χ4n) is 3.53. The van der Waals surface area contributed by atoms with Crippen LogP contribution in [0.3, 0.4) is 0 Å². The summed E-state index contributed by atoms with van der Waals surface area (Å²) in [6, 6.07) is 18.0. The van der Waals surface area contributed by atoms with Crippen molar-refractivity contribution in [3.63, 3.8) is 0 Å². The molecule has 6 heteroatoms. The zero-order valence-electron chi connectivity index (χ0n) is 16.3. The van der Waals surface area contributed by atoms with Crippen molar-refractivity contribution >= 4 is 23.4 Å². The molecule has 0 aliphatic carbocycles. The first-order valence-electron chi connectivity index (χ1n) is 9.57. The Labute approximate surface area is 173 Å². The summed E-state index contributed by atoms with van der Waals surface area (Å²) in [5, 5.41) is 2.73. The van der Waals surface area contributed by atoms with Crippen LogP contribution in [0, 0.1) is 12.7 Å². The number of hydrogen-bond donors (Lipinski definition) is 1. The maximum Gasteiger partial charge on any atom is 0.266 e. The van der Waals surface area contributed by atoms with E-state index in [9.17, 15) is 18.8 Å². The number of benzene rings is 3. The molecule has 0 saturated heterocycles. The molecule has 0 unspecified atom stereocenters. The summed E-state index contributed by atoms with van der Waals surface area (Å²) in [5.41, 5.74) is 2.59. The lowest BCUT2D eigenvalue weighted by molar-refractivity contribution is 0.0923. The highest BCUT2D eigenvalue weighted by Crippen LogP contribution is 2.31. The number of halogens is 1. The van der Waals surface area contributed by atoms with Crippen molar-refractivity contribution in [3.05, 3.63) is 100 Å². The fourth-order valence-corrected chi connectivity index (χ4v) is 3.53. The second-order valence-electron chi connectivity index (χ2n) is 7.09. The first-order chi connectivity index (χ1) is 14.5. The largest absolute Gasteiger partial charge is 0.352 e. The van der Waals surface area contributed by atoms with Gasteiger partial charge in [-0.3, -0.25) is 14.4 Å². The molecule has 5 nitrogen and oxygen atoms in total. The number of rotatable bonds is 5. The van der Waals surface area contributed by atoms with Gasteiger partial charge in [-0.05, 0) is 54.8 Å². The molecule has 0 aromatic heterocycles. The summed E-state index contributed by atoms with van der Waals surface area (Å²) < 4.78 is 13.7. The van der Waals surface area contributed by atoms with Gasteiger partial charge in [0.05, 0.1) is 16.8 Å². The number of hydrogen-bond acceptors (Lipinski definition) is 3. The summed E-state index contributed by atoms with van der Waals surface area (Å²) in [6.07, 6.45) is 0.349. The molecule has 1 heterocycles. The van der Waals surface area contributed by atoms with E-state index in [0.29, 0.717) is 17.7 Å². The molecule has 1 aliphatic rings. The molecular formula is C24H19FN2O3. The highest BCUT2D eigenvalue weighted by Gasteiger charge is 2.37. The van der Waals surface area contributed by atoms with Gasteiger partial charge in [0, 0.05) is 12.1 Å². The minimum Gasteiger partial charge on any atom is -0.352 e. The van der Waals surface area contributed by atoms with E-state index < -0.39 is 11.8 Å². The minimum absolute atomic E-state index is 0.199. The quantitative estimate of drug-likeness (QED) is 0.658. The van der Waals surface area contributed by atoms with Gasteiger partial charge < -0.3 is 5.32 Å². The molecule has 3 aromatic carbocycles. The lowest BCUT2D eigenvalue weighted by Gasteiger charge is -2.16. The second-order valence-corrected chi connectivity index (χ2v) is 7.09. The molecule has 4 rings (SSSR count). The van der Waals surface area contributed by atoms with Crippen molar-refractivity contribution < 1.29 is 18.8 Å². The number of para-hydroxylation sites is 1. The number of carbonyl (C=O) groups excluding carboxylic acids is 3. The molecule has 150 valence electrons. The van der Waals surface area contributed by atoms with Crippen molar-refractivity contribution in [3.8, 4) is 0 Å². The zero-order chi connectivity index (χ0) is 21.3. The molecule has 3 amide bonds. The number of amides is 3. The molecule has 0 saturated carbocycles. The van der Waals surface area contributed by atoms with E-state index in [4.69, 9.17) is 0 Å². The predicted molar refractivity (Wildman–Crippen MR) is 111 cm³/mol. The molecule has 0 bridgehead atoms. The number of anilines is 1. The smallest absolute Gasteiger partial charge is 0.266 e. The summed E-state index contributed by atoms with van der Waals surface area (Å²) in [7, 11) is 0. The van der Waals surface area contributed by atoms with Crippen LogP contribution in [0.15, 0.2) is 66.7 Å². The molecule has 0 spiro atoms. The Hall–Kier alpha value is -3.80. The molecular weight excluding hydrogens is 383 g/mol. The van der Waals surface area contributed by atoms with Crippen LogP contribution < -0.4 is 10.2 Å². The van der Waals surface area contributed by atoms with Crippen LogP contribution in [0.4, 0.5) is 10.1 Å². The number of fused-ring (bicyclic) bond motifs is 1. The highest BCUT2D eigenvalue weighted by molar-refractivity contribution is 6.35. The van der Waals surface area contributed by atoms with Gasteiger partial charge in [-0.2, -0.15) is 0 Å². The Balaban J connectivity index is 1.51. The van der Waals surface area contributed by atoms with Crippen molar-refractivity contribution in [1.82, 2.24) is 5.32 Å². The third kappa shape index (κ3) is 3.48. The molecule has 3 aromatic rings. The third-order valence-corrected chi connectivity index (χ3v) is 5.14. The van der Waals surface area contributed by atoms with E-state index in [-0.39, 0.29) is 35.0 Å². The van der Waals surface area contributed by atoms with Crippen molar-refractivity contribution in [2.75, 3.05) is 11.4 Å². The molecule has 0 radical (unpaired) electrons. The van der Waals surface area contributed by atoms with E-state index in [1.165, 1.54) is 24.3 Å². The number of nitrogens with zero attached hydrogens (tertiary/aromatic N) is 1. The monoisotopic (exact) mass is 402 g/mol. The van der Waals surface area contributed by atoms with Gasteiger partial charge in [0.25, 0.3) is 17.7 Å². The SMILES string of the molecule is Cc1ccccc1N1C(=O)c2ccc(C(=O)NCCc3ccccc3F)cc2C1=O. The zero-order valence-corrected chi connectivity index (χ0v) is 16.3. The first-order valence-corrected chi connectivity index (χ1v) is 9.57. The molecule has 1 aliphatic heterocycles. The summed E-state index contributed by atoms with van der Waals surface area (Å²) in [6.45, 7) is 2.08. The van der Waals surface area contributed by atoms with Crippen molar-refractivity contribution in [2.24, 2.45) is 0 Å². The van der Waals surface area contributed by atoms with Crippen molar-refractivity contribution in [1.29, 1.82) is 0 Å². The lowest BCUT2D eigenvalue weighted by Crippen LogP contribution is -2.30. The molecule has 1 N–H and O–H groups in total. The molecule has 0 atom stereocenters. The Bertz CT molecular complexity index is 1170. The van der Waals surface area contributed by atoms with Crippen LogP contribution in [-0.2, 0) is 6.42 Å². The minimum atomic E-state index is -0.453. The standard InChI is InChI=1S/C24H19FN2O3/c1-15-6-2-5-9-21(15)27-23(29)18-11-10-17(14-19(18)24(27)30)22(28)26-13-12-16-7-3-4-8-20(16)25/h2-11,14H,12-13H2,1H3,(H,26,28). The van der Waals surface area contributed by atoms with Gasteiger partial charge in [-0.1, -0.05) is 36.4 Å². The maximum absolute atomic E-state index is 13.7. The number of carbonyl (C=O) groups is 3.